The number of carbonyl (C=O) groups is 1. The zero-order valence-electron chi connectivity index (χ0n) is 12.4. The molecule has 1 atom stereocenters. The Bertz CT molecular complexity index is 415. The maximum Gasteiger partial charge on any atom is 0.152 e. The highest BCUT2D eigenvalue weighted by atomic mass is 79.9. The van der Waals surface area contributed by atoms with Crippen molar-refractivity contribution < 1.29 is 9.53 Å². The molecule has 0 amide bonds. The highest BCUT2D eigenvalue weighted by Crippen LogP contribution is 2.24. The molecule has 106 valence electrons. The van der Waals surface area contributed by atoms with Gasteiger partial charge < -0.3 is 4.74 Å². The zero-order chi connectivity index (χ0) is 14.6. The van der Waals surface area contributed by atoms with Gasteiger partial charge in [0.2, 0.25) is 0 Å². The first-order chi connectivity index (χ1) is 8.70. The smallest absolute Gasteiger partial charge is 0.152 e. The van der Waals surface area contributed by atoms with Gasteiger partial charge in [0.05, 0.1) is 10.9 Å². The summed E-state index contributed by atoms with van der Waals surface area (Å²) in [4.78, 5) is 12.0. The molecule has 0 aliphatic heterocycles. The van der Waals surface area contributed by atoms with Gasteiger partial charge in [0.1, 0.15) is 5.75 Å². The van der Waals surface area contributed by atoms with E-state index in [2.05, 4.69) is 15.9 Å². The Balaban J connectivity index is 2.65. The van der Waals surface area contributed by atoms with Crippen molar-refractivity contribution in [3.8, 4) is 5.75 Å². The molecule has 0 fully saturated rings. The van der Waals surface area contributed by atoms with Gasteiger partial charge in [-0.3, -0.25) is 4.79 Å². The van der Waals surface area contributed by atoms with Crippen molar-refractivity contribution in [2.75, 3.05) is 0 Å². The summed E-state index contributed by atoms with van der Waals surface area (Å²) in [6.45, 7) is 9.85. The van der Waals surface area contributed by atoms with Gasteiger partial charge in [0, 0.05) is 5.41 Å². The standard InChI is InChI=1S/C16H23BrO2/c1-11(2)19-13-8-6-12(7-9-13)10-14(17)15(18)16(3,4)5/h6-9,11,14H,10H2,1-5H3. The molecule has 0 bridgehead atoms. The van der Waals surface area contributed by atoms with Crippen molar-refractivity contribution in [2.24, 2.45) is 5.41 Å². The maximum absolute atomic E-state index is 12.1. The fourth-order valence-corrected chi connectivity index (χ4v) is 2.81. The van der Waals surface area contributed by atoms with Gasteiger partial charge in [-0.15, -0.1) is 0 Å². The molecule has 0 aliphatic carbocycles. The zero-order valence-corrected chi connectivity index (χ0v) is 14.0. The first kappa shape index (κ1) is 16.2. The summed E-state index contributed by atoms with van der Waals surface area (Å²) in [7, 11) is 0. The Kier molecular flexibility index (Phi) is 5.60. The van der Waals surface area contributed by atoms with E-state index >= 15 is 0 Å². The van der Waals surface area contributed by atoms with Crippen LogP contribution in [0.3, 0.4) is 0 Å². The lowest BCUT2D eigenvalue weighted by Crippen LogP contribution is -2.29. The molecule has 1 aromatic carbocycles. The van der Waals surface area contributed by atoms with E-state index < -0.39 is 0 Å². The predicted molar refractivity (Wildman–Crippen MR) is 83.1 cm³/mol. The van der Waals surface area contributed by atoms with Gasteiger partial charge in [-0.1, -0.05) is 48.8 Å². The van der Waals surface area contributed by atoms with Crippen LogP contribution in [0.4, 0.5) is 0 Å². The molecule has 3 heteroatoms. The van der Waals surface area contributed by atoms with Crippen LogP contribution in [-0.4, -0.2) is 16.7 Å². The van der Waals surface area contributed by atoms with Crippen LogP contribution in [0.5, 0.6) is 5.75 Å². The van der Waals surface area contributed by atoms with Crippen molar-refractivity contribution in [3.05, 3.63) is 29.8 Å². The van der Waals surface area contributed by atoms with Gasteiger partial charge in [-0.05, 0) is 38.0 Å². The minimum absolute atomic E-state index is 0.135. The molecule has 0 saturated carbocycles. The average Bonchev–Trinajstić information content (AvgIpc) is 2.28. The highest BCUT2D eigenvalue weighted by molar-refractivity contribution is 9.10. The third-order valence-electron chi connectivity index (χ3n) is 2.73. The maximum atomic E-state index is 12.1. The lowest BCUT2D eigenvalue weighted by molar-refractivity contribution is -0.125. The summed E-state index contributed by atoms with van der Waals surface area (Å²) in [5.74, 6) is 1.10. The lowest BCUT2D eigenvalue weighted by atomic mass is 9.87. The van der Waals surface area contributed by atoms with E-state index in [1.807, 2.05) is 58.9 Å². The topological polar surface area (TPSA) is 26.3 Å². The third-order valence-corrected chi connectivity index (χ3v) is 3.47. The van der Waals surface area contributed by atoms with E-state index in [0.29, 0.717) is 6.42 Å². The molecule has 1 aromatic rings. The monoisotopic (exact) mass is 326 g/mol. The number of rotatable bonds is 5. The number of ether oxygens (including phenoxy) is 1. The number of ketones is 1. The minimum atomic E-state index is -0.311. The molecule has 2 nitrogen and oxygen atoms in total. The van der Waals surface area contributed by atoms with E-state index in [0.717, 1.165) is 11.3 Å². The molecule has 0 heterocycles. The van der Waals surface area contributed by atoms with Crippen LogP contribution in [0.2, 0.25) is 0 Å². The summed E-state index contributed by atoms with van der Waals surface area (Å²) in [6.07, 6.45) is 0.884. The third kappa shape index (κ3) is 5.35. The SMILES string of the molecule is CC(C)Oc1ccc(CC(Br)C(=O)C(C)(C)C)cc1. The first-order valence-corrected chi connectivity index (χ1v) is 7.55. The molecule has 0 saturated heterocycles. The Morgan fingerprint density at radius 1 is 1.21 bits per heavy atom. The number of hydrogen-bond donors (Lipinski definition) is 0. The Hall–Kier alpha value is -0.830. The van der Waals surface area contributed by atoms with Crippen molar-refractivity contribution in [3.63, 3.8) is 0 Å². The molecule has 0 spiro atoms. The molecular weight excluding hydrogens is 304 g/mol. The second kappa shape index (κ2) is 6.56. The number of benzene rings is 1. The van der Waals surface area contributed by atoms with E-state index in [1.165, 1.54) is 0 Å². The normalized spacial score (nSPS) is 13.4. The lowest BCUT2D eigenvalue weighted by Gasteiger charge is -2.20. The van der Waals surface area contributed by atoms with E-state index in [9.17, 15) is 4.79 Å². The number of Topliss-reactive ketones (excluding diaryl/α,β-unsaturated/α-hetero) is 1. The molecule has 19 heavy (non-hydrogen) atoms. The predicted octanol–water partition coefficient (Wildman–Crippen LogP) is 4.40. The van der Waals surface area contributed by atoms with Crippen molar-refractivity contribution in [2.45, 2.75) is 52.0 Å². The summed E-state index contributed by atoms with van der Waals surface area (Å²) in [5.41, 5.74) is 0.824. The summed E-state index contributed by atoms with van der Waals surface area (Å²) >= 11 is 3.49. The Labute approximate surface area is 124 Å². The fourth-order valence-electron chi connectivity index (χ4n) is 1.75. The quantitative estimate of drug-likeness (QED) is 0.750. The Morgan fingerprint density at radius 2 is 1.74 bits per heavy atom. The van der Waals surface area contributed by atoms with Gasteiger partial charge in [-0.25, -0.2) is 0 Å². The van der Waals surface area contributed by atoms with Crippen LogP contribution in [0.25, 0.3) is 0 Å². The number of carbonyl (C=O) groups excluding carboxylic acids is 1. The molecule has 0 radical (unpaired) electrons. The van der Waals surface area contributed by atoms with Crippen molar-refractivity contribution in [1.29, 1.82) is 0 Å². The van der Waals surface area contributed by atoms with Crippen LogP contribution in [0.1, 0.15) is 40.2 Å². The fraction of sp³-hybridized carbons (Fsp3) is 0.562. The average molecular weight is 327 g/mol. The van der Waals surface area contributed by atoms with Crippen molar-refractivity contribution in [1.82, 2.24) is 0 Å². The number of halogens is 1. The van der Waals surface area contributed by atoms with Gasteiger partial charge in [0.25, 0.3) is 0 Å². The van der Waals surface area contributed by atoms with Crippen LogP contribution in [-0.2, 0) is 11.2 Å². The molecule has 0 aliphatic rings. The van der Waals surface area contributed by atoms with Crippen LogP contribution < -0.4 is 4.74 Å². The molecule has 0 N–H and O–H groups in total. The second-order valence-electron chi connectivity index (χ2n) is 6.10. The minimum Gasteiger partial charge on any atom is -0.491 e. The van der Waals surface area contributed by atoms with Crippen LogP contribution in [0.15, 0.2) is 24.3 Å². The Morgan fingerprint density at radius 3 is 2.16 bits per heavy atom. The van der Waals surface area contributed by atoms with Gasteiger partial charge in [-0.2, -0.15) is 0 Å². The van der Waals surface area contributed by atoms with E-state index in [-0.39, 0.29) is 22.1 Å². The summed E-state index contributed by atoms with van der Waals surface area (Å²) < 4.78 is 5.60. The second-order valence-corrected chi connectivity index (χ2v) is 7.20. The number of alkyl halides is 1. The summed E-state index contributed by atoms with van der Waals surface area (Å²) in [5, 5.41) is 0. The van der Waals surface area contributed by atoms with Gasteiger partial charge >= 0.3 is 0 Å². The molecule has 0 aromatic heterocycles. The van der Waals surface area contributed by atoms with Crippen LogP contribution >= 0.6 is 15.9 Å². The molecular formula is C16H23BrO2. The molecule has 1 rings (SSSR count). The van der Waals surface area contributed by atoms with Crippen LogP contribution in [0, 0.1) is 5.41 Å². The largest absolute Gasteiger partial charge is 0.491 e. The summed E-state index contributed by atoms with van der Waals surface area (Å²) in [6, 6.07) is 7.94. The van der Waals surface area contributed by atoms with Crippen molar-refractivity contribution >= 4 is 21.7 Å². The highest BCUT2D eigenvalue weighted by Gasteiger charge is 2.27. The van der Waals surface area contributed by atoms with E-state index in [4.69, 9.17) is 4.74 Å². The first-order valence-electron chi connectivity index (χ1n) is 6.64. The molecule has 1 unspecified atom stereocenters. The number of hydrogen-bond acceptors (Lipinski definition) is 2. The van der Waals surface area contributed by atoms with Gasteiger partial charge in [0.15, 0.2) is 5.78 Å². The van der Waals surface area contributed by atoms with E-state index in [1.54, 1.807) is 0 Å².